The number of hydrogen-bond donors (Lipinski definition) is 3. The number of halogens is 1. The van der Waals surface area contributed by atoms with Crippen LogP contribution in [-0.4, -0.2) is 17.4 Å². The average molecular weight is 243 g/mol. The second kappa shape index (κ2) is 6.17. The topological polar surface area (TPSA) is 94.0 Å². The van der Waals surface area contributed by atoms with Gasteiger partial charge in [-0.1, -0.05) is 11.6 Å². The number of amides is 1. The van der Waals surface area contributed by atoms with Crippen LogP contribution in [-0.2, 0) is 4.79 Å². The van der Waals surface area contributed by atoms with Gasteiger partial charge in [-0.3, -0.25) is 4.79 Å². The summed E-state index contributed by atoms with van der Waals surface area (Å²) in [6, 6.07) is 3.33. The van der Waals surface area contributed by atoms with Gasteiger partial charge in [0.05, 0.1) is 5.69 Å². The fourth-order valence-corrected chi connectivity index (χ4v) is 1.37. The van der Waals surface area contributed by atoms with Crippen molar-refractivity contribution in [2.24, 2.45) is 5.73 Å². The smallest absolute Gasteiger partial charge is 0.217 e. The SMILES string of the molecule is NC(=O)CCCCNc1nc(Cl)ccc1N. The van der Waals surface area contributed by atoms with Gasteiger partial charge in [-0.2, -0.15) is 0 Å². The van der Waals surface area contributed by atoms with E-state index in [1.165, 1.54) is 0 Å². The number of rotatable bonds is 6. The summed E-state index contributed by atoms with van der Waals surface area (Å²) in [5.41, 5.74) is 11.3. The molecule has 0 aromatic carbocycles. The van der Waals surface area contributed by atoms with Gasteiger partial charge in [-0.25, -0.2) is 4.98 Å². The molecule has 6 heteroatoms. The second-order valence-corrected chi connectivity index (χ2v) is 3.81. The van der Waals surface area contributed by atoms with Crippen LogP contribution in [0.5, 0.6) is 0 Å². The van der Waals surface area contributed by atoms with E-state index in [0.717, 1.165) is 12.8 Å². The Hall–Kier alpha value is -1.49. The van der Waals surface area contributed by atoms with E-state index in [2.05, 4.69) is 10.3 Å². The number of carbonyl (C=O) groups excluding carboxylic acids is 1. The Bertz CT molecular complexity index is 370. The Balaban J connectivity index is 2.31. The van der Waals surface area contributed by atoms with Crippen molar-refractivity contribution >= 4 is 29.0 Å². The van der Waals surface area contributed by atoms with Gasteiger partial charge in [0.15, 0.2) is 5.82 Å². The van der Waals surface area contributed by atoms with E-state index in [9.17, 15) is 4.79 Å². The molecule has 16 heavy (non-hydrogen) atoms. The lowest BCUT2D eigenvalue weighted by atomic mass is 10.2. The van der Waals surface area contributed by atoms with Crippen molar-refractivity contribution in [2.45, 2.75) is 19.3 Å². The van der Waals surface area contributed by atoms with E-state index in [-0.39, 0.29) is 5.91 Å². The monoisotopic (exact) mass is 242 g/mol. The number of nitrogen functional groups attached to an aromatic ring is 1. The normalized spacial score (nSPS) is 10.1. The van der Waals surface area contributed by atoms with E-state index in [0.29, 0.717) is 29.6 Å². The minimum Gasteiger partial charge on any atom is -0.396 e. The third kappa shape index (κ3) is 4.35. The Kier molecular flexibility index (Phi) is 4.85. The number of primary amides is 1. The number of nitrogens with zero attached hydrogens (tertiary/aromatic N) is 1. The van der Waals surface area contributed by atoms with Gasteiger partial charge in [0.2, 0.25) is 5.91 Å². The standard InChI is InChI=1S/C10H15ClN4O/c11-8-5-4-7(12)10(15-8)14-6-2-1-3-9(13)16/h4-5H,1-3,6,12H2,(H2,13,16)(H,14,15). The van der Waals surface area contributed by atoms with Crippen molar-refractivity contribution in [1.29, 1.82) is 0 Å². The molecule has 1 aromatic heterocycles. The summed E-state index contributed by atoms with van der Waals surface area (Å²) in [5, 5.41) is 3.45. The van der Waals surface area contributed by atoms with Gasteiger partial charge in [-0.15, -0.1) is 0 Å². The molecule has 0 atom stereocenters. The lowest BCUT2D eigenvalue weighted by molar-refractivity contribution is -0.118. The van der Waals surface area contributed by atoms with Gasteiger partial charge in [-0.05, 0) is 25.0 Å². The van der Waals surface area contributed by atoms with Gasteiger partial charge < -0.3 is 16.8 Å². The Labute approximate surface area is 99.2 Å². The van der Waals surface area contributed by atoms with E-state index < -0.39 is 0 Å². The lowest BCUT2D eigenvalue weighted by Gasteiger charge is -2.07. The first kappa shape index (κ1) is 12.6. The molecule has 1 heterocycles. The molecular weight excluding hydrogens is 228 g/mol. The Morgan fingerprint density at radius 1 is 1.44 bits per heavy atom. The van der Waals surface area contributed by atoms with Crippen LogP contribution in [0.25, 0.3) is 0 Å². The molecule has 88 valence electrons. The molecule has 0 aliphatic carbocycles. The summed E-state index contributed by atoms with van der Waals surface area (Å²) in [4.78, 5) is 14.5. The molecule has 0 radical (unpaired) electrons. The number of carbonyl (C=O) groups is 1. The van der Waals surface area contributed by atoms with Crippen molar-refractivity contribution in [3.63, 3.8) is 0 Å². The van der Waals surface area contributed by atoms with Crippen LogP contribution in [0.3, 0.4) is 0 Å². The van der Waals surface area contributed by atoms with Crippen LogP contribution in [0.15, 0.2) is 12.1 Å². The first-order valence-corrected chi connectivity index (χ1v) is 5.41. The highest BCUT2D eigenvalue weighted by atomic mass is 35.5. The summed E-state index contributed by atoms with van der Waals surface area (Å²) >= 11 is 5.73. The predicted octanol–water partition coefficient (Wildman–Crippen LogP) is 1.38. The zero-order chi connectivity index (χ0) is 12.0. The summed E-state index contributed by atoms with van der Waals surface area (Å²) in [6.07, 6.45) is 1.99. The quantitative estimate of drug-likeness (QED) is 0.519. The van der Waals surface area contributed by atoms with Crippen LogP contribution < -0.4 is 16.8 Å². The van der Waals surface area contributed by atoms with Crippen molar-refractivity contribution in [3.8, 4) is 0 Å². The first-order valence-electron chi connectivity index (χ1n) is 5.04. The maximum absolute atomic E-state index is 10.5. The van der Waals surface area contributed by atoms with Crippen LogP contribution in [0, 0.1) is 0 Å². The average Bonchev–Trinajstić information content (AvgIpc) is 2.22. The molecule has 1 amide bonds. The zero-order valence-corrected chi connectivity index (χ0v) is 9.63. The number of nitrogens with two attached hydrogens (primary N) is 2. The molecule has 0 saturated heterocycles. The Morgan fingerprint density at radius 3 is 2.88 bits per heavy atom. The summed E-state index contributed by atoms with van der Waals surface area (Å²) in [7, 11) is 0. The molecule has 0 spiro atoms. The van der Waals surface area contributed by atoms with Gasteiger partial charge in [0.25, 0.3) is 0 Å². The molecule has 0 unspecified atom stereocenters. The molecule has 0 saturated carbocycles. The largest absolute Gasteiger partial charge is 0.396 e. The maximum atomic E-state index is 10.5. The molecule has 0 aliphatic heterocycles. The molecule has 1 rings (SSSR count). The first-order chi connectivity index (χ1) is 7.59. The third-order valence-corrected chi connectivity index (χ3v) is 2.25. The van der Waals surface area contributed by atoms with Crippen LogP contribution in [0.1, 0.15) is 19.3 Å². The molecule has 1 aromatic rings. The highest BCUT2D eigenvalue weighted by Crippen LogP contribution is 2.18. The van der Waals surface area contributed by atoms with E-state index >= 15 is 0 Å². The minimum absolute atomic E-state index is 0.277. The Morgan fingerprint density at radius 2 is 2.19 bits per heavy atom. The molecule has 5 nitrogen and oxygen atoms in total. The number of anilines is 2. The molecule has 0 bridgehead atoms. The summed E-state index contributed by atoms with van der Waals surface area (Å²) in [5.74, 6) is 0.298. The van der Waals surface area contributed by atoms with Gasteiger partial charge in [0, 0.05) is 13.0 Å². The minimum atomic E-state index is -0.277. The number of nitrogens with one attached hydrogen (secondary N) is 1. The molecule has 0 fully saturated rings. The highest BCUT2D eigenvalue weighted by Gasteiger charge is 2.01. The molecular formula is C10H15ClN4O. The second-order valence-electron chi connectivity index (χ2n) is 3.42. The van der Waals surface area contributed by atoms with E-state index in [4.69, 9.17) is 23.1 Å². The van der Waals surface area contributed by atoms with Gasteiger partial charge in [0.1, 0.15) is 5.15 Å². The van der Waals surface area contributed by atoms with Crippen LogP contribution >= 0.6 is 11.6 Å². The van der Waals surface area contributed by atoms with Crippen LogP contribution in [0.2, 0.25) is 5.15 Å². The highest BCUT2D eigenvalue weighted by molar-refractivity contribution is 6.29. The van der Waals surface area contributed by atoms with Crippen molar-refractivity contribution in [3.05, 3.63) is 17.3 Å². The molecule has 0 aliphatic rings. The van der Waals surface area contributed by atoms with Crippen molar-refractivity contribution < 1.29 is 4.79 Å². The number of hydrogen-bond acceptors (Lipinski definition) is 4. The molecule has 5 N–H and O–H groups in total. The predicted molar refractivity (Wildman–Crippen MR) is 65.2 cm³/mol. The maximum Gasteiger partial charge on any atom is 0.217 e. The van der Waals surface area contributed by atoms with Crippen molar-refractivity contribution in [1.82, 2.24) is 4.98 Å². The number of aromatic nitrogens is 1. The summed E-state index contributed by atoms with van der Waals surface area (Å²) in [6.45, 7) is 0.685. The fraction of sp³-hybridized carbons (Fsp3) is 0.400. The fourth-order valence-electron chi connectivity index (χ4n) is 1.22. The van der Waals surface area contributed by atoms with E-state index in [1.807, 2.05) is 0 Å². The van der Waals surface area contributed by atoms with Gasteiger partial charge >= 0.3 is 0 Å². The lowest BCUT2D eigenvalue weighted by Crippen LogP contribution is -2.11. The summed E-state index contributed by atoms with van der Waals surface area (Å²) < 4.78 is 0. The van der Waals surface area contributed by atoms with E-state index in [1.54, 1.807) is 12.1 Å². The number of pyridine rings is 1. The van der Waals surface area contributed by atoms with Crippen molar-refractivity contribution in [2.75, 3.05) is 17.6 Å². The van der Waals surface area contributed by atoms with Crippen LogP contribution in [0.4, 0.5) is 11.5 Å². The zero-order valence-electron chi connectivity index (χ0n) is 8.87. The third-order valence-electron chi connectivity index (χ3n) is 2.03. The number of unbranched alkanes of at least 4 members (excludes halogenated alkanes) is 1.